The van der Waals surface area contributed by atoms with Crippen LogP contribution in [0.4, 0.5) is 0 Å². The molecule has 3 aromatic rings. The molecule has 0 saturated carbocycles. The summed E-state index contributed by atoms with van der Waals surface area (Å²) in [6.07, 6.45) is 2.08. The first kappa shape index (κ1) is 19.7. The number of fused-ring (bicyclic) bond motifs is 1. The van der Waals surface area contributed by atoms with Crippen LogP contribution in [0.5, 0.6) is 0 Å². The van der Waals surface area contributed by atoms with Crippen molar-refractivity contribution in [3.05, 3.63) is 52.1 Å². The van der Waals surface area contributed by atoms with E-state index >= 15 is 0 Å². The summed E-state index contributed by atoms with van der Waals surface area (Å²) in [6.45, 7) is 3.15. The van der Waals surface area contributed by atoms with Gasteiger partial charge in [0.2, 0.25) is 10.0 Å². The van der Waals surface area contributed by atoms with Crippen LogP contribution in [-0.4, -0.2) is 56.5 Å². The van der Waals surface area contributed by atoms with Gasteiger partial charge in [0.05, 0.1) is 12.3 Å². The number of piperidine rings is 1. The van der Waals surface area contributed by atoms with E-state index in [-0.39, 0.29) is 22.7 Å². The summed E-state index contributed by atoms with van der Waals surface area (Å²) >= 11 is 0. The highest BCUT2D eigenvalue weighted by Crippen LogP contribution is 2.26. The number of hydrogen-bond donors (Lipinski definition) is 1. The standard InChI is InChI=1S/C19H24N6O3S/c1-2-11-29(27,28)24-10-6-9-15(13-24)17-20-18-16(19(26)21-17)22-23-25(18)12-14-7-4-3-5-8-14/h3-5,7-8,15H,2,6,9-13H2,1H3,(H,20,21,26)/t15-/m0/s1. The summed E-state index contributed by atoms with van der Waals surface area (Å²) in [5.74, 6) is 0.472. The van der Waals surface area contributed by atoms with Crippen LogP contribution in [0.2, 0.25) is 0 Å². The molecule has 1 atom stereocenters. The van der Waals surface area contributed by atoms with Crippen LogP contribution in [0, 0.1) is 0 Å². The summed E-state index contributed by atoms with van der Waals surface area (Å²) in [5.41, 5.74) is 1.28. The average molecular weight is 417 g/mol. The van der Waals surface area contributed by atoms with Crippen molar-refractivity contribution >= 4 is 21.2 Å². The Balaban J connectivity index is 1.66. The number of aromatic amines is 1. The zero-order valence-corrected chi connectivity index (χ0v) is 17.1. The topological polar surface area (TPSA) is 114 Å². The summed E-state index contributed by atoms with van der Waals surface area (Å²) < 4.78 is 28.1. The third kappa shape index (κ3) is 4.08. The van der Waals surface area contributed by atoms with E-state index < -0.39 is 10.0 Å². The van der Waals surface area contributed by atoms with Crippen molar-refractivity contribution in [2.24, 2.45) is 0 Å². The molecule has 1 aliphatic rings. The summed E-state index contributed by atoms with van der Waals surface area (Å²) in [7, 11) is -3.28. The van der Waals surface area contributed by atoms with E-state index in [4.69, 9.17) is 0 Å². The monoisotopic (exact) mass is 416 g/mol. The van der Waals surface area contributed by atoms with Crippen molar-refractivity contribution < 1.29 is 8.42 Å². The van der Waals surface area contributed by atoms with Crippen molar-refractivity contribution in [1.82, 2.24) is 29.3 Å². The van der Waals surface area contributed by atoms with Gasteiger partial charge in [0.15, 0.2) is 11.2 Å². The Hall–Kier alpha value is -2.59. The van der Waals surface area contributed by atoms with Gasteiger partial charge in [-0.2, -0.15) is 0 Å². The molecule has 0 amide bonds. The second-order valence-electron chi connectivity index (χ2n) is 7.37. The predicted octanol–water partition coefficient (Wildman–Crippen LogP) is 1.48. The molecule has 29 heavy (non-hydrogen) atoms. The highest BCUT2D eigenvalue weighted by atomic mass is 32.2. The lowest BCUT2D eigenvalue weighted by Gasteiger charge is -2.31. The molecule has 0 radical (unpaired) electrons. The van der Waals surface area contributed by atoms with E-state index in [9.17, 15) is 13.2 Å². The minimum Gasteiger partial charge on any atom is -0.308 e. The van der Waals surface area contributed by atoms with Crippen molar-refractivity contribution in [2.75, 3.05) is 18.8 Å². The molecule has 1 aromatic carbocycles. The summed E-state index contributed by atoms with van der Waals surface area (Å²) in [4.78, 5) is 20.0. The lowest BCUT2D eigenvalue weighted by atomic mass is 9.99. The molecule has 4 rings (SSSR count). The quantitative estimate of drug-likeness (QED) is 0.651. The molecule has 1 N–H and O–H groups in total. The fraction of sp³-hybridized carbons (Fsp3) is 0.474. The first-order chi connectivity index (χ1) is 14.0. The second kappa shape index (κ2) is 8.03. The van der Waals surface area contributed by atoms with Crippen molar-refractivity contribution in [2.45, 2.75) is 38.6 Å². The molecule has 0 unspecified atom stereocenters. The van der Waals surface area contributed by atoms with Gasteiger partial charge in [-0.25, -0.2) is 22.4 Å². The average Bonchev–Trinajstić information content (AvgIpc) is 3.12. The molecule has 0 aliphatic carbocycles. The second-order valence-corrected chi connectivity index (χ2v) is 9.46. The third-order valence-electron chi connectivity index (χ3n) is 5.19. The number of benzene rings is 1. The van der Waals surface area contributed by atoms with Crippen molar-refractivity contribution in [1.29, 1.82) is 0 Å². The maximum Gasteiger partial charge on any atom is 0.281 e. The number of sulfonamides is 1. The van der Waals surface area contributed by atoms with Gasteiger partial charge >= 0.3 is 0 Å². The van der Waals surface area contributed by atoms with Crippen LogP contribution >= 0.6 is 0 Å². The molecular formula is C19H24N6O3S. The minimum absolute atomic E-state index is 0.135. The molecule has 1 aliphatic heterocycles. The number of hydrogen-bond acceptors (Lipinski definition) is 6. The largest absolute Gasteiger partial charge is 0.308 e. The smallest absolute Gasteiger partial charge is 0.281 e. The van der Waals surface area contributed by atoms with Gasteiger partial charge in [-0.15, -0.1) is 5.10 Å². The normalized spacial score (nSPS) is 18.3. The highest BCUT2D eigenvalue weighted by Gasteiger charge is 2.30. The molecule has 0 bridgehead atoms. The Morgan fingerprint density at radius 3 is 2.79 bits per heavy atom. The molecule has 10 heteroatoms. The predicted molar refractivity (Wildman–Crippen MR) is 109 cm³/mol. The number of aromatic nitrogens is 5. The third-order valence-corrected chi connectivity index (χ3v) is 7.24. The van der Waals surface area contributed by atoms with Gasteiger partial charge < -0.3 is 4.98 Å². The Morgan fingerprint density at radius 2 is 2.03 bits per heavy atom. The highest BCUT2D eigenvalue weighted by molar-refractivity contribution is 7.89. The van der Waals surface area contributed by atoms with E-state index in [0.29, 0.717) is 37.5 Å². The molecule has 1 fully saturated rings. The van der Waals surface area contributed by atoms with Crippen LogP contribution in [0.3, 0.4) is 0 Å². The van der Waals surface area contributed by atoms with E-state index in [1.807, 2.05) is 37.3 Å². The number of rotatable bonds is 6. The zero-order valence-electron chi connectivity index (χ0n) is 16.3. The lowest BCUT2D eigenvalue weighted by molar-refractivity contribution is 0.309. The van der Waals surface area contributed by atoms with Crippen molar-refractivity contribution in [3.8, 4) is 0 Å². The van der Waals surface area contributed by atoms with E-state index in [1.165, 1.54) is 4.31 Å². The van der Waals surface area contributed by atoms with Crippen molar-refractivity contribution in [3.63, 3.8) is 0 Å². The molecule has 3 heterocycles. The molecule has 2 aromatic heterocycles. The number of H-pyrrole nitrogens is 1. The van der Waals surface area contributed by atoms with Gasteiger partial charge in [-0.3, -0.25) is 4.79 Å². The molecule has 9 nitrogen and oxygen atoms in total. The fourth-order valence-corrected chi connectivity index (χ4v) is 5.33. The SMILES string of the molecule is CCCS(=O)(=O)N1CCC[C@H](c2nc3c(nnn3Cc3ccccc3)c(=O)[nH]2)C1. The first-order valence-electron chi connectivity index (χ1n) is 9.83. The van der Waals surface area contributed by atoms with E-state index in [2.05, 4.69) is 20.3 Å². The Kier molecular flexibility index (Phi) is 5.46. The van der Waals surface area contributed by atoms with Crippen LogP contribution in [0.15, 0.2) is 35.1 Å². The number of nitrogens with one attached hydrogen (secondary N) is 1. The van der Waals surface area contributed by atoms with E-state index in [1.54, 1.807) is 4.68 Å². The van der Waals surface area contributed by atoms with Gasteiger partial charge in [-0.05, 0) is 24.8 Å². The van der Waals surface area contributed by atoms with Crippen LogP contribution < -0.4 is 5.56 Å². The van der Waals surface area contributed by atoms with E-state index in [0.717, 1.165) is 18.4 Å². The Labute approximate surface area is 168 Å². The van der Waals surface area contributed by atoms with Gasteiger partial charge in [0.25, 0.3) is 5.56 Å². The fourth-order valence-electron chi connectivity index (χ4n) is 3.74. The van der Waals surface area contributed by atoms with Crippen LogP contribution in [-0.2, 0) is 16.6 Å². The van der Waals surface area contributed by atoms with Gasteiger partial charge in [0, 0.05) is 19.0 Å². The molecule has 1 saturated heterocycles. The molecule has 154 valence electrons. The van der Waals surface area contributed by atoms with Gasteiger partial charge in [0.1, 0.15) is 5.82 Å². The lowest BCUT2D eigenvalue weighted by Crippen LogP contribution is -2.41. The molecule has 0 spiro atoms. The minimum atomic E-state index is -3.28. The maximum absolute atomic E-state index is 12.5. The Morgan fingerprint density at radius 1 is 1.24 bits per heavy atom. The van der Waals surface area contributed by atoms with Crippen LogP contribution in [0.1, 0.15) is 43.5 Å². The first-order valence-corrected chi connectivity index (χ1v) is 11.4. The Bertz CT molecular complexity index is 1160. The number of nitrogens with zero attached hydrogens (tertiary/aromatic N) is 5. The maximum atomic E-state index is 12.5. The summed E-state index contributed by atoms with van der Waals surface area (Å²) in [6, 6.07) is 9.75. The molecular weight excluding hydrogens is 392 g/mol. The van der Waals surface area contributed by atoms with Gasteiger partial charge in [-0.1, -0.05) is 42.5 Å². The summed E-state index contributed by atoms with van der Waals surface area (Å²) in [5, 5.41) is 8.07. The zero-order chi connectivity index (χ0) is 20.4. The van der Waals surface area contributed by atoms with Crippen LogP contribution in [0.25, 0.3) is 11.2 Å².